The lowest BCUT2D eigenvalue weighted by molar-refractivity contribution is -0.118. The van der Waals surface area contributed by atoms with Crippen LogP contribution in [-0.2, 0) is 4.79 Å². The second-order valence-corrected chi connectivity index (χ2v) is 5.23. The van der Waals surface area contributed by atoms with Crippen molar-refractivity contribution in [2.45, 2.75) is 13.8 Å². The second kappa shape index (κ2) is 7.97. The number of nitrogens with one attached hydrogen (secondary N) is 2. The van der Waals surface area contributed by atoms with Crippen LogP contribution in [0.2, 0.25) is 0 Å². The van der Waals surface area contributed by atoms with E-state index in [9.17, 15) is 4.79 Å². The van der Waals surface area contributed by atoms with Gasteiger partial charge in [-0.3, -0.25) is 4.79 Å². The van der Waals surface area contributed by atoms with Gasteiger partial charge in [0, 0.05) is 6.54 Å². The molecule has 22 heavy (non-hydrogen) atoms. The van der Waals surface area contributed by atoms with Crippen LogP contribution in [0.1, 0.15) is 13.8 Å². The first kappa shape index (κ1) is 15.8. The van der Waals surface area contributed by atoms with Crippen LogP contribution in [0.3, 0.4) is 0 Å². The Hall–Kier alpha value is -2.63. The molecule has 6 heteroatoms. The number of hydrogen-bond acceptors (Lipinski definition) is 5. The largest absolute Gasteiger partial charge is 0.484 e. The minimum atomic E-state index is -0.277. The van der Waals surface area contributed by atoms with Crippen LogP contribution in [-0.4, -0.2) is 29.3 Å². The molecule has 0 fully saturated rings. The summed E-state index contributed by atoms with van der Waals surface area (Å²) in [6.07, 6.45) is 0. The lowest BCUT2D eigenvalue weighted by Crippen LogP contribution is -2.21. The molecule has 0 spiro atoms. The Morgan fingerprint density at radius 1 is 1.09 bits per heavy atom. The van der Waals surface area contributed by atoms with Gasteiger partial charge < -0.3 is 15.4 Å². The number of ether oxygens (including phenoxy) is 1. The van der Waals surface area contributed by atoms with Gasteiger partial charge in [-0.05, 0) is 30.2 Å². The lowest BCUT2D eigenvalue weighted by Gasteiger charge is -2.09. The van der Waals surface area contributed by atoms with E-state index in [4.69, 9.17) is 4.74 Å². The standard InChI is InChI=1S/C16H20N4O2/c1-12(2)10-17-14-8-9-15(20-19-14)18-16(21)11-22-13-6-4-3-5-7-13/h3-9,12H,10-11H2,1-2H3,(H,17,19)(H,18,20,21). The van der Waals surface area contributed by atoms with Crippen LogP contribution < -0.4 is 15.4 Å². The molecule has 0 aliphatic heterocycles. The van der Waals surface area contributed by atoms with Gasteiger partial charge in [-0.15, -0.1) is 10.2 Å². The van der Waals surface area contributed by atoms with Crippen molar-refractivity contribution in [2.24, 2.45) is 5.92 Å². The molecule has 0 unspecified atom stereocenters. The number of rotatable bonds is 7. The van der Waals surface area contributed by atoms with Gasteiger partial charge in [0.25, 0.3) is 5.91 Å². The zero-order valence-corrected chi connectivity index (χ0v) is 12.7. The third-order valence-electron chi connectivity index (χ3n) is 2.74. The topological polar surface area (TPSA) is 76.1 Å². The number of carbonyl (C=O) groups is 1. The number of amides is 1. The molecule has 0 radical (unpaired) electrons. The first-order valence-corrected chi connectivity index (χ1v) is 7.19. The number of aromatic nitrogens is 2. The molecule has 0 aliphatic rings. The normalized spacial score (nSPS) is 10.3. The highest BCUT2D eigenvalue weighted by Crippen LogP contribution is 2.09. The molecule has 0 aliphatic carbocycles. The highest BCUT2D eigenvalue weighted by molar-refractivity contribution is 5.90. The Bertz CT molecular complexity index is 585. The van der Waals surface area contributed by atoms with Gasteiger partial charge in [-0.1, -0.05) is 32.0 Å². The van der Waals surface area contributed by atoms with Crippen molar-refractivity contribution < 1.29 is 9.53 Å². The van der Waals surface area contributed by atoms with Crippen molar-refractivity contribution in [3.8, 4) is 5.75 Å². The smallest absolute Gasteiger partial charge is 0.263 e. The van der Waals surface area contributed by atoms with Crippen LogP contribution in [0.5, 0.6) is 5.75 Å². The predicted molar refractivity (Wildman–Crippen MR) is 85.9 cm³/mol. The summed E-state index contributed by atoms with van der Waals surface area (Å²) in [5.41, 5.74) is 0. The number of carbonyl (C=O) groups excluding carboxylic acids is 1. The zero-order chi connectivity index (χ0) is 15.8. The van der Waals surface area contributed by atoms with E-state index < -0.39 is 0 Å². The van der Waals surface area contributed by atoms with Crippen molar-refractivity contribution in [2.75, 3.05) is 23.8 Å². The zero-order valence-electron chi connectivity index (χ0n) is 12.7. The van der Waals surface area contributed by atoms with Crippen molar-refractivity contribution >= 4 is 17.5 Å². The minimum Gasteiger partial charge on any atom is -0.484 e. The second-order valence-electron chi connectivity index (χ2n) is 5.23. The maximum absolute atomic E-state index is 11.8. The maximum atomic E-state index is 11.8. The molecule has 1 aromatic heterocycles. The van der Waals surface area contributed by atoms with E-state index in [-0.39, 0.29) is 12.5 Å². The molecule has 116 valence electrons. The summed E-state index contributed by atoms with van der Waals surface area (Å²) >= 11 is 0. The first-order valence-electron chi connectivity index (χ1n) is 7.19. The molecule has 2 N–H and O–H groups in total. The molecule has 0 atom stereocenters. The molecule has 2 rings (SSSR count). The molecule has 0 saturated carbocycles. The van der Waals surface area contributed by atoms with Crippen molar-refractivity contribution in [1.29, 1.82) is 0 Å². The van der Waals surface area contributed by atoms with E-state index in [2.05, 4.69) is 34.7 Å². The fraction of sp³-hybridized carbons (Fsp3) is 0.312. The van der Waals surface area contributed by atoms with Gasteiger partial charge in [-0.25, -0.2) is 0 Å². The maximum Gasteiger partial charge on any atom is 0.263 e. The van der Waals surface area contributed by atoms with E-state index in [1.165, 1.54) is 0 Å². The van der Waals surface area contributed by atoms with Crippen molar-refractivity contribution in [1.82, 2.24) is 10.2 Å². The van der Waals surface area contributed by atoms with Gasteiger partial charge >= 0.3 is 0 Å². The number of hydrogen-bond donors (Lipinski definition) is 2. The van der Waals surface area contributed by atoms with E-state index in [0.717, 1.165) is 6.54 Å². The molecule has 2 aromatic rings. The number of para-hydroxylation sites is 1. The molecular weight excluding hydrogens is 280 g/mol. The summed E-state index contributed by atoms with van der Waals surface area (Å²) in [6.45, 7) is 4.98. The average Bonchev–Trinajstić information content (AvgIpc) is 2.53. The Morgan fingerprint density at radius 2 is 1.77 bits per heavy atom. The molecule has 0 saturated heterocycles. The van der Waals surface area contributed by atoms with Crippen molar-refractivity contribution in [3.05, 3.63) is 42.5 Å². The summed E-state index contributed by atoms with van der Waals surface area (Å²) in [4.78, 5) is 11.8. The molecule has 6 nitrogen and oxygen atoms in total. The number of nitrogens with zero attached hydrogens (tertiary/aromatic N) is 2. The summed E-state index contributed by atoms with van der Waals surface area (Å²) < 4.78 is 5.36. The van der Waals surface area contributed by atoms with Gasteiger partial charge in [0.2, 0.25) is 0 Å². The summed E-state index contributed by atoms with van der Waals surface area (Å²) in [6, 6.07) is 12.7. The Balaban J connectivity index is 1.79. The summed E-state index contributed by atoms with van der Waals surface area (Å²) in [7, 11) is 0. The quantitative estimate of drug-likeness (QED) is 0.822. The van der Waals surface area contributed by atoms with Crippen LogP contribution in [0.25, 0.3) is 0 Å². The molecule has 1 heterocycles. The van der Waals surface area contributed by atoms with Crippen LogP contribution in [0, 0.1) is 5.92 Å². The molecular formula is C16H20N4O2. The van der Waals surface area contributed by atoms with Crippen LogP contribution in [0.4, 0.5) is 11.6 Å². The SMILES string of the molecule is CC(C)CNc1ccc(NC(=O)COc2ccccc2)nn1. The first-order chi connectivity index (χ1) is 10.6. The minimum absolute atomic E-state index is 0.0704. The molecule has 0 bridgehead atoms. The monoisotopic (exact) mass is 300 g/mol. The van der Waals surface area contributed by atoms with Crippen molar-refractivity contribution in [3.63, 3.8) is 0 Å². The van der Waals surface area contributed by atoms with E-state index in [0.29, 0.717) is 23.3 Å². The Kier molecular flexibility index (Phi) is 5.71. The Morgan fingerprint density at radius 3 is 2.41 bits per heavy atom. The van der Waals surface area contributed by atoms with Gasteiger partial charge in [0.05, 0.1) is 0 Å². The van der Waals surface area contributed by atoms with Gasteiger partial charge in [0.15, 0.2) is 12.4 Å². The van der Waals surface area contributed by atoms with Crippen LogP contribution >= 0.6 is 0 Å². The third-order valence-corrected chi connectivity index (χ3v) is 2.74. The van der Waals surface area contributed by atoms with Gasteiger partial charge in [0.1, 0.15) is 11.6 Å². The van der Waals surface area contributed by atoms with E-state index in [1.807, 2.05) is 18.2 Å². The van der Waals surface area contributed by atoms with Gasteiger partial charge in [-0.2, -0.15) is 0 Å². The van der Waals surface area contributed by atoms with E-state index >= 15 is 0 Å². The molecule has 1 aromatic carbocycles. The predicted octanol–water partition coefficient (Wildman–Crippen LogP) is 2.56. The number of anilines is 2. The lowest BCUT2D eigenvalue weighted by atomic mass is 10.2. The average molecular weight is 300 g/mol. The molecule has 1 amide bonds. The fourth-order valence-corrected chi connectivity index (χ4v) is 1.65. The van der Waals surface area contributed by atoms with E-state index in [1.54, 1.807) is 24.3 Å². The van der Waals surface area contributed by atoms with Crippen LogP contribution in [0.15, 0.2) is 42.5 Å². The number of benzene rings is 1. The fourth-order valence-electron chi connectivity index (χ4n) is 1.65. The Labute approximate surface area is 129 Å². The highest BCUT2D eigenvalue weighted by atomic mass is 16.5. The summed E-state index contributed by atoms with van der Waals surface area (Å²) in [5.74, 6) is 1.98. The third kappa shape index (κ3) is 5.40. The highest BCUT2D eigenvalue weighted by Gasteiger charge is 2.05. The summed E-state index contributed by atoms with van der Waals surface area (Å²) in [5, 5.41) is 13.8.